The monoisotopic (exact) mass is 181 g/mol. The third kappa shape index (κ3) is 1.14. The first-order valence-electron chi connectivity index (χ1n) is 3.87. The van der Waals surface area contributed by atoms with Gasteiger partial charge in [0, 0.05) is 12.0 Å². The van der Waals surface area contributed by atoms with Gasteiger partial charge in [-0.1, -0.05) is 30.0 Å². The van der Waals surface area contributed by atoms with Crippen LogP contribution in [0.4, 0.5) is 0 Å². The van der Waals surface area contributed by atoms with E-state index in [-0.39, 0.29) is 11.5 Å². The lowest BCUT2D eigenvalue weighted by atomic mass is 10.1. The third-order valence-corrected chi connectivity index (χ3v) is 3.39. The molecule has 1 aliphatic rings. The van der Waals surface area contributed by atoms with E-state index in [0.29, 0.717) is 0 Å². The largest absolute Gasteiger partial charge is 0.368 e. The highest BCUT2D eigenvalue weighted by Gasteiger charge is 2.29. The lowest BCUT2D eigenvalue weighted by Gasteiger charge is -2.11. The predicted octanol–water partition coefficient (Wildman–Crippen LogP) is 1.76. The van der Waals surface area contributed by atoms with Crippen molar-refractivity contribution in [3.63, 3.8) is 0 Å². The molecule has 0 amide bonds. The van der Waals surface area contributed by atoms with Crippen molar-refractivity contribution in [1.29, 1.82) is 0 Å². The Morgan fingerprint density at radius 1 is 1.42 bits per heavy atom. The van der Waals surface area contributed by atoms with Crippen molar-refractivity contribution in [3.05, 3.63) is 29.8 Å². The van der Waals surface area contributed by atoms with E-state index in [4.69, 9.17) is 10.5 Å². The molecule has 12 heavy (non-hydrogen) atoms. The standard InChI is InChI=1S/C9H11NOS/c1-11-9-8(10)6-4-2-3-5-7(6)12-9/h2-5,8-9H,10H2,1H3. The third-order valence-electron chi connectivity index (χ3n) is 2.05. The minimum absolute atomic E-state index is 0.0243. The number of benzene rings is 1. The van der Waals surface area contributed by atoms with E-state index in [9.17, 15) is 0 Å². The summed E-state index contributed by atoms with van der Waals surface area (Å²) < 4.78 is 5.24. The minimum Gasteiger partial charge on any atom is -0.368 e. The average molecular weight is 181 g/mol. The zero-order chi connectivity index (χ0) is 8.55. The van der Waals surface area contributed by atoms with Gasteiger partial charge in [0.25, 0.3) is 0 Å². The van der Waals surface area contributed by atoms with Crippen LogP contribution in [-0.4, -0.2) is 12.5 Å². The summed E-state index contributed by atoms with van der Waals surface area (Å²) in [6.07, 6.45) is 0. The van der Waals surface area contributed by atoms with Crippen molar-refractivity contribution in [3.8, 4) is 0 Å². The van der Waals surface area contributed by atoms with Gasteiger partial charge in [-0.15, -0.1) is 0 Å². The van der Waals surface area contributed by atoms with Gasteiger partial charge in [0.05, 0.1) is 6.04 Å². The Kier molecular flexibility index (Phi) is 2.09. The lowest BCUT2D eigenvalue weighted by molar-refractivity contribution is 0.155. The minimum atomic E-state index is 0.0243. The quantitative estimate of drug-likeness (QED) is 0.717. The molecule has 0 aromatic heterocycles. The molecule has 0 fully saturated rings. The normalized spacial score (nSPS) is 27.2. The first-order valence-corrected chi connectivity index (χ1v) is 4.75. The topological polar surface area (TPSA) is 35.2 Å². The summed E-state index contributed by atoms with van der Waals surface area (Å²) in [4.78, 5) is 1.25. The molecule has 0 radical (unpaired) electrons. The van der Waals surface area contributed by atoms with Crippen LogP contribution in [-0.2, 0) is 4.74 Å². The summed E-state index contributed by atoms with van der Waals surface area (Å²) in [6, 6.07) is 8.20. The Hall–Kier alpha value is -0.510. The van der Waals surface area contributed by atoms with Gasteiger partial charge in [0.15, 0.2) is 0 Å². The molecule has 3 heteroatoms. The second-order valence-electron chi connectivity index (χ2n) is 2.79. The number of methoxy groups -OCH3 is 1. The van der Waals surface area contributed by atoms with E-state index in [2.05, 4.69) is 12.1 Å². The fraction of sp³-hybridized carbons (Fsp3) is 0.333. The zero-order valence-corrected chi connectivity index (χ0v) is 7.67. The van der Waals surface area contributed by atoms with Gasteiger partial charge in [-0.05, 0) is 11.6 Å². The molecular formula is C9H11NOS. The molecule has 2 unspecified atom stereocenters. The van der Waals surface area contributed by atoms with E-state index < -0.39 is 0 Å². The van der Waals surface area contributed by atoms with Crippen LogP contribution in [0.5, 0.6) is 0 Å². The Balaban J connectivity index is 2.35. The number of thioether (sulfide) groups is 1. The number of fused-ring (bicyclic) bond motifs is 1. The zero-order valence-electron chi connectivity index (χ0n) is 6.86. The maximum absolute atomic E-state index is 5.96. The molecule has 1 heterocycles. The molecule has 1 aliphatic heterocycles. The molecule has 0 saturated carbocycles. The predicted molar refractivity (Wildman–Crippen MR) is 50.0 cm³/mol. The van der Waals surface area contributed by atoms with Crippen LogP contribution in [0.25, 0.3) is 0 Å². The first-order chi connectivity index (χ1) is 5.83. The highest BCUT2D eigenvalue weighted by atomic mass is 32.2. The van der Waals surface area contributed by atoms with Crippen LogP contribution < -0.4 is 5.73 Å². The van der Waals surface area contributed by atoms with Crippen molar-refractivity contribution in [2.75, 3.05) is 7.11 Å². The van der Waals surface area contributed by atoms with Gasteiger partial charge >= 0.3 is 0 Å². The molecule has 2 N–H and O–H groups in total. The molecule has 1 aromatic carbocycles. The highest BCUT2D eigenvalue weighted by molar-refractivity contribution is 8.00. The van der Waals surface area contributed by atoms with E-state index in [1.807, 2.05) is 12.1 Å². The molecule has 1 aromatic rings. The van der Waals surface area contributed by atoms with Crippen molar-refractivity contribution < 1.29 is 4.74 Å². The number of ether oxygens (including phenoxy) is 1. The molecule has 0 bridgehead atoms. The highest BCUT2D eigenvalue weighted by Crippen LogP contribution is 2.42. The van der Waals surface area contributed by atoms with Gasteiger partial charge in [-0.2, -0.15) is 0 Å². The van der Waals surface area contributed by atoms with Crippen LogP contribution in [0.3, 0.4) is 0 Å². The van der Waals surface area contributed by atoms with Crippen molar-refractivity contribution in [2.24, 2.45) is 5.73 Å². The van der Waals surface area contributed by atoms with Gasteiger partial charge in [-0.3, -0.25) is 0 Å². The van der Waals surface area contributed by atoms with Crippen LogP contribution >= 0.6 is 11.8 Å². The molecule has 2 nitrogen and oxygen atoms in total. The van der Waals surface area contributed by atoms with Gasteiger partial charge in [0.1, 0.15) is 5.44 Å². The van der Waals surface area contributed by atoms with E-state index in [1.165, 1.54) is 10.5 Å². The average Bonchev–Trinajstić information content (AvgIpc) is 2.44. The van der Waals surface area contributed by atoms with Gasteiger partial charge < -0.3 is 10.5 Å². The van der Waals surface area contributed by atoms with Crippen molar-refractivity contribution in [2.45, 2.75) is 16.4 Å². The number of nitrogens with two attached hydrogens (primary N) is 1. The van der Waals surface area contributed by atoms with Crippen LogP contribution in [0, 0.1) is 0 Å². The van der Waals surface area contributed by atoms with Crippen LogP contribution in [0.2, 0.25) is 0 Å². The van der Waals surface area contributed by atoms with E-state index in [0.717, 1.165) is 0 Å². The summed E-state index contributed by atoms with van der Waals surface area (Å²) >= 11 is 1.70. The summed E-state index contributed by atoms with van der Waals surface area (Å²) in [5, 5.41) is 0. The van der Waals surface area contributed by atoms with Crippen LogP contribution in [0.15, 0.2) is 29.2 Å². The number of hydrogen-bond acceptors (Lipinski definition) is 3. The van der Waals surface area contributed by atoms with Crippen molar-refractivity contribution >= 4 is 11.8 Å². The molecule has 0 saturated heterocycles. The fourth-order valence-corrected chi connectivity index (χ4v) is 2.54. The van der Waals surface area contributed by atoms with E-state index in [1.54, 1.807) is 18.9 Å². The Labute approximate surface area is 76.1 Å². The number of rotatable bonds is 1. The second kappa shape index (κ2) is 3.09. The summed E-state index contributed by atoms with van der Waals surface area (Å²) in [6.45, 7) is 0. The maximum atomic E-state index is 5.96. The Morgan fingerprint density at radius 3 is 2.83 bits per heavy atom. The summed E-state index contributed by atoms with van der Waals surface area (Å²) in [5.41, 5.74) is 7.24. The summed E-state index contributed by atoms with van der Waals surface area (Å²) in [5.74, 6) is 0. The SMILES string of the molecule is COC1Sc2ccccc2C1N. The van der Waals surface area contributed by atoms with Gasteiger partial charge in [0.2, 0.25) is 0 Å². The molecular weight excluding hydrogens is 170 g/mol. The van der Waals surface area contributed by atoms with Crippen molar-refractivity contribution in [1.82, 2.24) is 0 Å². The number of hydrogen-bond donors (Lipinski definition) is 1. The molecule has 0 aliphatic carbocycles. The lowest BCUT2D eigenvalue weighted by Crippen LogP contribution is -2.20. The molecule has 64 valence electrons. The second-order valence-corrected chi connectivity index (χ2v) is 3.93. The molecule has 0 spiro atoms. The van der Waals surface area contributed by atoms with E-state index >= 15 is 0 Å². The first kappa shape index (κ1) is 8.10. The molecule has 2 atom stereocenters. The molecule has 2 rings (SSSR count). The Morgan fingerprint density at radius 2 is 2.17 bits per heavy atom. The fourth-order valence-electron chi connectivity index (χ4n) is 1.40. The van der Waals surface area contributed by atoms with Crippen LogP contribution in [0.1, 0.15) is 11.6 Å². The smallest absolute Gasteiger partial charge is 0.126 e. The Bertz CT molecular complexity index is 290. The van der Waals surface area contributed by atoms with Gasteiger partial charge in [-0.25, -0.2) is 0 Å². The maximum Gasteiger partial charge on any atom is 0.126 e. The summed E-state index contributed by atoms with van der Waals surface area (Å²) in [7, 11) is 1.70.